The fourth-order valence-corrected chi connectivity index (χ4v) is 3.16. The van der Waals surface area contributed by atoms with Crippen LogP contribution in [0.15, 0.2) is 16.6 Å². The molecule has 1 aliphatic rings. The van der Waals surface area contributed by atoms with Gasteiger partial charge >= 0.3 is 0 Å². The van der Waals surface area contributed by atoms with Crippen molar-refractivity contribution in [3.63, 3.8) is 0 Å². The normalized spacial score (nSPS) is 18.5. The highest BCUT2D eigenvalue weighted by molar-refractivity contribution is 9.10. The number of hydrogen-bond donors (Lipinski definition) is 2. The Morgan fingerprint density at radius 1 is 1.39 bits per heavy atom. The lowest BCUT2D eigenvalue weighted by Gasteiger charge is -2.32. The summed E-state index contributed by atoms with van der Waals surface area (Å²) >= 11 is 3.03. The molecule has 1 fully saturated rings. The van der Waals surface area contributed by atoms with E-state index in [9.17, 15) is 18.4 Å². The lowest BCUT2D eigenvalue weighted by Crippen LogP contribution is -2.49. The zero-order valence-corrected chi connectivity index (χ0v) is 14.3. The van der Waals surface area contributed by atoms with Crippen molar-refractivity contribution in [1.82, 2.24) is 10.2 Å². The minimum atomic E-state index is -0.833. The van der Waals surface area contributed by atoms with Crippen molar-refractivity contribution < 1.29 is 18.4 Å². The third-order valence-electron chi connectivity index (χ3n) is 3.55. The van der Waals surface area contributed by atoms with Crippen molar-refractivity contribution in [2.75, 3.05) is 25.0 Å². The molecule has 1 atom stereocenters. The highest BCUT2D eigenvalue weighted by Gasteiger charge is 2.22. The summed E-state index contributed by atoms with van der Waals surface area (Å²) in [5, 5.41) is 5.29. The average molecular weight is 390 g/mol. The van der Waals surface area contributed by atoms with Gasteiger partial charge in [0.25, 0.3) is 0 Å². The van der Waals surface area contributed by atoms with Crippen LogP contribution in [-0.2, 0) is 9.59 Å². The second-order valence-electron chi connectivity index (χ2n) is 5.57. The minimum absolute atomic E-state index is 0.0170. The number of benzene rings is 1. The standard InChI is InChI=1S/C15H18BrF2N3O2/c1-9(22)19-11-3-2-4-21(7-11)8-14(23)20-15-12(16)5-10(17)6-13(15)18/h5-6,11H,2-4,7-8H2,1H3,(H,19,22)(H,20,23). The van der Waals surface area contributed by atoms with Crippen molar-refractivity contribution in [2.45, 2.75) is 25.8 Å². The van der Waals surface area contributed by atoms with Crippen LogP contribution < -0.4 is 10.6 Å². The fraction of sp³-hybridized carbons (Fsp3) is 0.467. The number of amides is 2. The maximum atomic E-state index is 13.7. The summed E-state index contributed by atoms with van der Waals surface area (Å²) < 4.78 is 26.9. The monoisotopic (exact) mass is 389 g/mol. The molecule has 1 saturated heterocycles. The van der Waals surface area contributed by atoms with Gasteiger partial charge in [-0.2, -0.15) is 0 Å². The third-order valence-corrected chi connectivity index (χ3v) is 4.18. The van der Waals surface area contributed by atoms with Crippen molar-refractivity contribution in [3.8, 4) is 0 Å². The first kappa shape index (κ1) is 17.8. The Bertz CT molecular complexity index is 589. The van der Waals surface area contributed by atoms with Gasteiger partial charge < -0.3 is 10.6 Å². The first-order valence-electron chi connectivity index (χ1n) is 7.29. The molecule has 2 N–H and O–H groups in total. The van der Waals surface area contributed by atoms with E-state index in [1.54, 1.807) is 0 Å². The number of anilines is 1. The number of rotatable bonds is 4. The molecule has 1 unspecified atom stereocenters. The van der Waals surface area contributed by atoms with Crippen molar-refractivity contribution in [3.05, 3.63) is 28.2 Å². The molecule has 5 nitrogen and oxygen atoms in total. The molecule has 1 aliphatic heterocycles. The number of halogens is 3. The summed E-state index contributed by atoms with van der Waals surface area (Å²) in [6, 6.07) is 1.82. The van der Waals surface area contributed by atoms with Crippen LogP contribution in [0.5, 0.6) is 0 Å². The summed E-state index contributed by atoms with van der Waals surface area (Å²) in [5.74, 6) is -2.04. The molecule has 0 spiro atoms. The Morgan fingerprint density at radius 3 is 2.78 bits per heavy atom. The predicted octanol–water partition coefficient (Wildman–Crippen LogP) is 2.27. The zero-order valence-electron chi connectivity index (χ0n) is 12.7. The molecule has 1 aromatic carbocycles. The summed E-state index contributed by atoms with van der Waals surface area (Å²) in [7, 11) is 0. The van der Waals surface area contributed by atoms with Crippen LogP contribution >= 0.6 is 15.9 Å². The summed E-state index contributed by atoms with van der Waals surface area (Å²) in [5.41, 5.74) is -0.0770. The molecule has 2 rings (SSSR count). The molecular weight excluding hydrogens is 372 g/mol. The first-order chi connectivity index (χ1) is 10.8. The zero-order chi connectivity index (χ0) is 17.0. The van der Waals surface area contributed by atoms with Gasteiger partial charge in [-0.25, -0.2) is 8.78 Å². The molecule has 1 aromatic rings. The third kappa shape index (κ3) is 5.24. The molecule has 23 heavy (non-hydrogen) atoms. The van der Waals surface area contributed by atoms with Gasteiger partial charge in [0.1, 0.15) is 5.82 Å². The smallest absolute Gasteiger partial charge is 0.238 e. The number of hydrogen-bond acceptors (Lipinski definition) is 3. The van der Waals surface area contributed by atoms with Gasteiger partial charge in [-0.3, -0.25) is 14.5 Å². The van der Waals surface area contributed by atoms with Gasteiger partial charge in [-0.15, -0.1) is 0 Å². The molecule has 0 saturated carbocycles. The van der Waals surface area contributed by atoms with Crippen molar-refractivity contribution in [2.24, 2.45) is 0 Å². The van der Waals surface area contributed by atoms with Crippen LogP contribution in [0.25, 0.3) is 0 Å². The van der Waals surface area contributed by atoms with Crippen LogP contribution in [0.2, 0.25) is 0 Å². The quantitative estimate of drug-likeness (QED) is 0.830. The highest BCUT2D eigenvalue weighted by atomic mass is 79.9. The van der Waals surface area contributed by atoms with Crippen molar-refractivity contribution >= 4 is 33.4 Å². The first-order valence-corrected chi connectivity index (χ1v) is 8.08. The average Bonchev–Trinajstić information content (AvgIpc) is 2.42. The Balaban J connectivity index is 1.93. The number of nitrogens with one attached hydrogen (secondary N) is 2. The number of carbonyl (C=O) groups is 2. The second kappa shape index (κ2) is 7.83. The van der Waals surface area contributed by atoms with E-state index < -0.39 is 11.6 Å². The van der Waals surface area contributed by atoms with Gasteiger partial charge in [0, 0.05) is 30.0 Å². The van der Waals surface area contributed by atoms with Crippen LogP contribution in [0.1, 0.15) is 19.8 Å². The van der Waals surface area contributed by atoms with E-state index in [0.29, 0.717) is 12.6 Å². The minimum Gasteiger partial charge on any atom is -0.352 e. The van der Waals surface area contributed by atoms with E-state index in [1.165, 1.54) is 6.92 Å². The SMILES string of the molecule is CC(=O)NC1CCCN(CC(=O)Nc2c(F)cc(F)cc2Br)C1. The molecule has 0 bridgehead atoms. The Morgan fingerprint density at radius 2 is 2.13 bits per heavy atom. The van der Waals surface area contributed by atoms with Crippen LogP contribution in [0.4, 0.5) is 14.5 Å². The van der Waals surface area contributed by atoms with Crippen LogP contribution in [0, 0.1) is 11.6 Å². The van der Waals surface area contributed by atoms with Gasteiger partial charge in [0.05, 0.1) is 12.2 Å². The number of likely N-dealkylation sites (tertiary alicyclic amines) is 1. The highest BCUT2D eigenvalue weighted by Crippen LogP contribution is 2.26. The van der Waals surface area contributed by atoms with Gasteiger partial charge in [0.15, 0.2) is 5.82 Å². The van der Waals surface area contributed by atoms with Gasteiger partial charge in [-0.05, 0) is 41.4 Å². The van der Waals surface area contributed by atoms with E-state index in [-0.39, 0.29) is 34.6 Å². The number of carbonyl (C=O) groups excluding carboxylic acids is 2. The van der Waals surface area contributed by atoms with Gasteiger partial charge in [-0.1, -0.05) is 0 Å². The molecule has 0 aliphatic carbocycles. The summed E-state index contributed by atoms with van der Waals surface area (Å²) in [6.07, 6.45) is 1.74. The second-order valence-corrected chi connectivity index (χ2v) is 6.42. The maximum absolute atomic E-state index is 13.7. The maximum Gasteiger partial charge on any atom is 0.238 e. The molecule has 0 radical (unpaired) electrons. The topological polar surface area (TPSA) is 61.4 Å². The lowest BCUT2D eigenvalue weighted by atomic mass is 10.1. The van der Waals surface area contributed by atoms with Gasteiger partial charge in [0.2, 0.25) is 11.8 Å². The summed E-state index contributed by atoms with van der Waals surface area (Å²) in [4.78, 5) is 25.1. The van der Waals surface area contributed by atoms with E-state index in [2.05, 4.69) is 26.6 Å². The molecule has 8 heteroatoms. The van der Waals surface area contributed by atoms with E-state index in [4.69, 9.17) is 0 Å². The van der Waals surface area contributed by atoms with E-state index in [0.717, 1.165) is 25.5 Å². The Kier molecular flexibility index (Phi) is 6.06. The lowest BCUT2D eigenvalue weighted by molar-refractivity contribution is -0.120. The van der Waals surface area contributed by atoms with Crippen LogP contribution in [-0.4, -0.2) is 42.4 Å². The number of piperidine rings is 1. The largest absolute Gasteiger partial charge is 0.352 e. The predicted molar refractivity (Wildman–Crippen MR) is 86.0 cm³/mol. The Hall–Kier alpha value is -1.54. The fourth-order valence-electron chi connectivity index (χ4n) is 2.65. The van der Waals surface area contributed by atoms with E-state index >= 15 is 0 Å². The molecule has 0 aromatic heterocycles. The molecular formula is C15H18BrF2N3O2. The van der Waals surface area contributed by atoms with Crippen molar-refractivity contribution in [1.29, 1.82) is 0 Å². The molecule has 2 amide bonds. The van der Waals surface area contributed by atoms with E-state index in [1.807, 2.05) is 4.90 Å². The number of nitrogens with zero attached hydrogens (tertiary/aromatic N) is 1. The van der Waals surface area contributed by atoms with Crippen LogP contribution in [0.3, 0.4) is 0 Å². The molecule has 1 heterocycles. The molecule has 126 valence electrons. The Labute approximate surface area is 141 Å². The summed E-state index contributed by atoms with van der Waals surface area (Å²) in [6.45, 7) is 2.84.